The molecule has 0 amide bonds. The lowest BCUT2D eigenvalue weighted by Crippen LogP contribution is -2.24. The first-order valence-corrected chi connectivity index (χ1v) is 5.96. The third kappa shape index (κ3) is 2.62. The number of hydrogen-bond acceptors (Lipinski definition) is 3. The summed E-state index contributed by atoms with van der Waals surface area (Å²) in [7, 11) is 1.95. The van der Waals surface area contributed by atoms with Gasteiger partial charge in [0.2, 0.25) is 0 Å². The molecule has 2 N–H and O–H groups in total. The van der Waals surface area contributed by atoms with E-state index in [1.54, 1.807) is 0 Å². The number of aliphatic hydroxyl groups is 1. The summed E-state index contributed by atoms with van der Waals surface area (Å²) in [5.74, 6) is 0. The first kappa shape index (κ1) is 11.6. The average molecular weight is 223 g/mol. The van der Waals surface area contributed by atoms with E-state index < -0.39 is 0 Å². The standard InChI is InChI=1S/C12H21N3O/c1-10-11(8-15(2)14-10)7-13-9-12(3-4-12)5-6-16/h8,13,16H,3-7,9H2,1-2H3. The van der Waals surface area contributed by atoms with Crippen LogP contribution in [0.1, 0.15) is 30.5 Å². The van der Waals surface area contributed by atoms with Crippen molar-refractivity contribution in [3.05, 3.63) is 17.5 Å². The van der Waals surface area contributed by atoms with Crippen molar-refractivity contribution in [2.75, 3.05) is 13.2 Å². The van der Waals surface area contributed by atoms with Crippen molar-refractivity contribution in [3.8, 4) is 0 Å². The number of aliphatic hydroxyl groups excluding tert-OH is 1. The Kier molecular flexibility index (Phi) is 3.30. The van der Waals surface area contributed by atoms with Crippen molar-refractivity contribution in [1.29, 1.82) is 0 Å². The topological polar surface area (TPSA) is 50.1 Å². The van der Waals surface area contributed by atoms with Crippen LogP contribution in [0.4, 0.5) is 0 Å². The Morgan fingerprint density at radius 3 is 2.81 bits per heavy atom. The molecular weight excluding hydrogens is 202 g/mol. The van der Waals surface area contributed by atoms with Gasteiger partial charge in [-0.25, -0.2) is 0 Å². The number of nitrogens with one attached hydrogen (secondary N) is 1. The van der Waals surface area contributed by atoms with E-state index in [9.17, 15) is 0 Å². The van der Waals surface area contributed by atoms with Crippen molar-refractivity contribution in [3.63, 3.8) is 0 Å². The van der Waals surface area contributed by atoms with E-state index in [4.69, 9.17) is 5.11 Å². The fraction of sp³-hybridized carbons (Fsp3) is 0.750. The zero-order valence-corrected chi connectivity index (χ0v) is 10.2. The lowest BCUT2D eigenvalue weighted by molar-refractivity contribution is 0.245. The number of aromatic nitrogens is 2. The van der Waals surface area contributed by atoms with Crippen molar-refractivity contribution >= 4 is 0 Å². The summed E-state index contributed by atoms with van der Waals surface area (Å²) in [6.45, 7) is 4.25. The van der Waals surface area contributed by atoms with E-state index >= 15 is 0 Å². The van der Waals surface area contributed by atoms with E-state index in [0.29, 0.717) is 12.0 Å². The van der Waals surface area contributed by atoms with Crippen molar-refractivity contribution in [2.45, 2.75) is 32.7 Å². The Morgan fingerprint density at radius 2 is 2.31 bits per heavy atom. The first-order chi connectivity index (χ1) is 7.65. The first-order valence-electron chi connectivity index (χ1n) is 5.96. The molecule has 1 aromatic heterocycles. The van der Waals surface area contributed by atoms with E-state index in [2.05, 4.69) is 16.6 Å². The predicted octanol–water partition coefficient (Wildman–Crippen LogP) is 0.981. The van der Waals surface area contributed by atoms with Crippen LogP contribution in [0.2, 0.25) is 0 Å². The summed E-state index contributed by atoms with van der Waals surface area (Å²) in [5.41, 5.74) is 2.76. The molecule has 16 heavy (non-hydrogen) atoms. The Morgan fingerprint density at radius 1 is 1.56 bits per heavy atom. The summed E-state index contributed by atoms with van der Waals surface area (Å²) in [5, 5.41) is 16.8. The predicted molar refractivity (Wildman–Crippen MR) is 63.0 cm³/mol. The number of aryl methyl sites for hydroxylation is 2. The van der Waals surface area contributed by atoms with Crippen LogP contribution < -0.4 is 5.32 Å². The highest BCUT2D eigenvalue weighted by molar-refractivity contribution is 5.15. The van der Waals surface area contributed by atoms with Gasteiger partial charge in [0.05, 0.1) is 5.69 Å². The molecule has 0 aromatic carbocycles. The third-order valence-electron chi connectivity index (χ3n) is 3.53. The minimum Gasteiger partial charge on any atom is -0.396 e. The minimum atomic E-state index is 0.313. The molecule has 0 saturated heterocycles. The second-order valence-corrected chi connectivity index (χ2v) is 4.99. The van der Waals surface area contributed by atoms with Gasteiger partial charge in [0, 0.05) is 38.5 Å². The molecule has 0 unspecified atom stereocenters. The summed E-state index contributed by atoms with van der Waals surface area (Å²) in [6, 6.07) is 0. The number of nitrogens with zero attached hydrogens (tertiary/aromatic N) is 2. The molecule has 1 aliphatic carbocycles. The highest BCUT2D eigenvalue weighted by Gasteiger charge is 2.41. The van der Waals surface area contributed by atoms with Crippen LogP contribution in [0.5, 0.6) is 0 Å². The van der Waals surface area contributed by atoms with Crippen LogP contribution in [0, 0.1) is 12.3 Å². The molecule has 4 heteroatoms. The minimum absolute atomic E-state index is 0.313. The van der Waals surface area contributed by atoms with Crippen LogP contribution >= 0.6 is 0 Å². The van der Waals surface area contributed by atoms with Gasteiger partial charge in [-0.2, -0.15) is 5.10 Å². The van der Waals surface area contributed by atoms with E-state index in [1.165, 1.54) is 18.4 Å². The molecule has 0 aliphatic heterocycles. The third-order valence-corrected chi connectivity index (χ3v) is 3.53. The van der Waals surface area contributed by atoms with Gasteiger partial charge in [0.15, 0.2) is 0 Å². The molecule has 0 atom stereocenters. The highest BCUT2D eigenvalue weighted by atomic mass is 16.3. The summed E-state index contributed by atoms with van der Waals surface area (Å²) in [4.78, 5) is 0. The summed E-state index contributed by atoms with van der Waals surface area (Å²) in [6.07, 6.45) is 5.51. The molecule has 1 fully saturated rings. The zero-order valence-electron chi connectivity index (χ0n) is 10.2. The molecule has 1 saturated carbocycles. The lowest BCUT2D eigenvalue weighted by Gasteiger charge is -2.14. The maximum absolute atomic E-state index is 8.96. The Labute approximate surface area is 96.7 Å². The quantitative estimate of drug-likeness (QED) is 0.756. The molecule has 1 aromatic rings. The fourth-order valence-electron chi connectivity index (χ4n) is 2.21. The van der Waals surface area contributed by atoms with Gasteiger partial charge in [-0.15, -0.1) is 0 Å². The van der Waals surface area contributed by atoms with Crippen LogP contribution in [0.25, 0.3) is 0 Å². The Bertz CT molecular complexity index is 355. The maximum atomic E-state index is 8.96. The van der Waals surface area contributed by atoms with Crippen LogP contribution in [0.15, 0.2) is 6.20 Å². The average Bonchev–Trinajstić information content (AvgIpc) is 2.89. The monoisotopic (exact) mass is 223 g/mol. The van der Waals surface area contributed by atoms with Gasteiger partial charge < -0.3 is 10.4 Å². The smallest absolute Gasteiger partial charge is 0.0638 e. The maximum Gasteiger partial charge on any atom is 0.0638 e. The van der Waals surface area contributed by atoms with E-state index in [1.807, 2.05) is 18.7 Å². The van der Waals surface area contributed by atoms with Crippen molar-refractivity contribution in [1.82, 2.24) is 15.1 Å². The fourth-order valence-corrected chi connectivity index (χ4v) is 2.21. The number of rotatable bonds is 6. The summed E-state index contributed by atoms with van der Waals surface area (Å²) < 4.78 is 1.85. The molecule has 90 valence electrons. The van der Waals surface area contributed by atoms with Crippen LogP contribution in [-0.4, -0.2) is 28.0 Å². The number of hydrogen-bond donors (Lipinski definition) is 2. The van der Waals surface area contributed by atoms with Gasteiger partial charge in [0.1, 0.15) is 0 Å². The van der Waals surface area contributed by atoms with E-state index in [0.717, 1.165) is 25.2 Å². The van der Waals surface area contributed by atoms with Gasteiger partial charge in [0.25, 0.3) is 0 Å². The molecule has 1 aliphatic rings. The zero-order chi connectivity index (χ0) is 11.6. The second-order valence-electron chi connectivity index (χ2n) is 4.99. The molecule has 2 rings (SSSR count). The summed E-state index contributed by atoms with van der Waals surface area (Å²) >= 11 is 0. The highest BCUT2D eigenvalue weighted by Crippen LogP contribution is 2.47. The SMILES string of the molecule is Cc1nn(C)cc1CNCC1(CCO)CC1. The molecule has 0 bridgehead atoms. The molecule has 4 nitrogen and oxygen atoms in total. The second kappa shape index (κ2) is 4.55. The van der Waals surface area contributed by atoms with Gasteiger partial charge in [-0.1, -0.05) is 0 Å². The van der Waals surface area contributed by atoms with Crippen molar-refractivity contribution in [2.24, 2.45) is 12.5 Å². The normalized spacial score (nSPS) is 17.7. The lowest BCUT2D eigenvalue weighted by atomic mass is 10.0. The van der Waals surface area contributed by atoms with E-state index in [-0.39, 0.29) is 0 Å². The molecular formula is C12H21N3O. The van der Waals surface area contributed by atoms with Crippen LogP contribution in [-0.2, 0) is 13.6 Å². The van der Waals surface area contributed by atoms with Gasteiger partial charge in [-0.3, -0.25) is 4.68 Å². The molecule has 0 radical (unpaired) electrons. The van der Waals surface area contributed by atoms with Crippen molar-refractivity contribution < 1.29 is 5.11 Å². The van der Waals surface area contributed by atoms with Gasteiger partial charge in [-0.05, 0) is 31.6 Å². The van der Waals surface area contributed by atoms with Gasteiger partial charge >= 0.3 is 0 Å². The Hall–Kier alpha value is -0.870. The van der Waals surface area contributed by atoms with Crippen LogP contribution in [0.3, 0.4) is 0 Å². The Balaban J connectivity index is 1.78. The molecule has 1 heterocycles. The largest absolute Gasteiger partial charge is 0.396 e. The molecule has 0 spiro atoms.